The fourth-order valence-electron chi connectivity index (χ4n) is 3.51. The number of aryl methyl sites for hydroxylation is 1. The summed E-state index contributed by atoms with van der Waals surface area (Å²) in [7, 11) is -3.96. The predicted molar refractivity (Wildman–Crippen MR) is 106 cm³/mol. The van der Waals surface area contributed by atoms with E-state index in [1.807, 2.05) is 12.1 Å². The van der Waals surface area contributed by atoms with E-state index in [0.29, 0.717) is 11.4 Å². The molecule has 1 amide bonds. The van der Waals surface area contributed by atoms with E-state index < -0.39 is 22.0 Å². The molecular weight excluding hydrogens is 392 g/mol. The lowest BCUT2D eigenvalue weighted by molar-refractivity contribution is -0.133. The number of nitrogens with one attached hydrogen (secondary N) is 1. The van der Waals surface area contributed by atoms with Crippen molar-refractivity contribution < 1.29 is 18.4 Å². The molecule has 0 saturated carbocycles. The number of amides is 1. The van der Waals surface area contributed by atoms with Crippen LogP contribution >= 0.6 is 0 Å². The highest BCUT2D eigenvalue weighted by molar-refractivity contribution is 7.89. The molecule has 2 N–H and O–H groups in total. The third-order valence-electron chi connectivity index (χ3n) is 5.16. The van der Waals surface area contributed by atoms with Crippen LogP contribution in [-0.2, 0) is 34.2 Å². The van der Waals surface area contributed by atoms with E-state index in [-0.39, 0.29) is 17.9 Å². The summed E-state index contributed by atoms with van der Waals surface area (Å²) < 4.78 is 27.6. The van der Waals surface area contributed by atoms with Gasteiger partial charge >= 0.3 is 0 Å². The normalized spacial score (nSPS) is 17.0. The number of hydroxylamine groups is 1. The summed E-state index contributed by atoms with van der Waals surface area (Å²) in [5.74, 6) is -0.794. The van der Waals surface area contributed by atoms with Crippen LogP contribution in [0.2, 0.25) is 0 Å². The van der Waals surface area contributed by atoms with Crippen LogP contribution in [0, 0.1) is 0 Å². The Labute approximate surface area is 171 Å². The number of aromatic nitrogens is 2. The number of fused-ring (bicyclic) bond motifs is 1. The zero-order valence-electron chi connectivity index (χ0n) is 16.4. The number of carbonyl (C=O) groups is 1. The quantitative estimate of drug-likeness (QED) is 0.386. The molecule has 0 fully saturated rings. The highest BCUT2D eigenvalue weighted by Gasteiger charge is 2.40. The fraction of sp³-hybridized carbons (Fsp3) is 0.450. The minimum atomic E-state index is -3.96. The van der Waals surface area contributed by atoms with E-state index in [1.165, 1.54) is 25.2 Å². The maximum atomic E-state index is 13.3. The van der Waals surface area contributed by atoms with Gasteiger partial charge in [-0.1, -0.05) is 38.3 Å². The Hall–Kier alpha value is -2.36. The first-order valence-corrected chi connectivity index (χ1v) is 11.2. The highest BCUT2D eigenvalue weighted by Crippen LogP contribution is 2.27. The number of unbranched alkanes of at least 4 members (excludes halogenated alkanes) is 3. The summed E-state index contributed by atoms with van der Waals surface area (Å²) in [5, 5.41) is 9.09. The molecule has 1 aromatic heterocycles. The van der Waals surface area contributed by atoms with Crippen molar-refractivity contribution in [2.75, 3.05) is 0 Å². The average Bonchev–Trinajstić information content (AvgIpc) is 2.75. The van der Waals surface area contributed by atoms with Crippen LogP contribution in [0.25, 0.3) is 0 Å². The molecule has 0 radical (unpaired) electrons. The molecule has 1 aromatic carbocycles. The number of nitrogens with zero attached hydrogens (tertiary/aromatic N) is 3. The summed E-state index contributed by atoms with van der Waals surface area (Å²) in [6.45, 7) is 2.08. The molecule has 9 heteroatoms. The first kappa shape index (κ1) is 21.4. The largest absolute Gasteiger partial charge is 0.289 e. The molecule has 2 heterocycles. The van der Waals surface area contributed by atoms with Crippen molar-refractivity contribution in [2.45, 2.75) is 62.9 Å². The number of rotatable bonds is 8. The second-order valence-electron chi connectivity index (χ2n) is 7.15. The summed E-state index contributed by atoms with van der Waals surface area (Å²) in [6.07, 6.45) is 8.53. The molecule has 0 spiro atoms. The van der Waals surface area contributed by atoms with Crippen molar-refractivity contribution in [3.8, 4) is 0 Å². The molecule has 8 nitrogen and oxygen atoms in total. The van der Waals surface area contributed by atoms with Crippen molar-refractivity contribution in [1.29, 1.82) is 0 Å². The van der Waals surface area contributed by atoms with Gasteiger partial charge in [0, 0.05) is 18.8 Å². The third-order valence-corrected chi connectivity index (χ3v) is 7.03. The van der Waals surface area contributed by atoms with Gasteiger partial charge in [-0.3, -0.25) is 20.0 Å². The second-order valence-corrected chi connectivity index (χ2v) is 9.04. The number of carbonyl (C=O) groups excluding carboxylic acids is 1. The maximum absolute atomic E-state index is 13.3. The molecule has 1 aliphatic rings. The minimum Gasteiger partial charge on any atom is -0.289 e. The first-order chi connectivity index (χ1) is 14.0. The highest BCUT2D eigenvalue weighted by atomic mass is 32.2. The minimum absolute atomic E-state index is 0.0459. The molecule has 2 aromatic rings. The van der Waals surface area contributed by atoms with Crippen LogP contribution < -0.4 is 5.48 Å². The third kappa shape index (κ3) is 4.80. The number of hydrogen-bond donors (Lipinski definition) is 2. The molecule has 1 unspecified atom stereocenters. The van der Waals surface area contributed by atoms with E-state index in [2.05, 4.69) is 16.9 Å². The van der Waals surface area contributed by atoms with Gasteiger partial charge in [-0.25, -0.2) is 13.9 Å². The van der Waals surface area contributed by atoms with Crippen molar-refractivity contribution >= 4 is 15.9 Å². The number of hydrogen-bond acceptors (Lipinski definition) is 6. The number of benzene rings is 1. The van der Waals surface area contributed by atoms with E-state index in [0.717, 1.165) is 29.1 Å². The topological polar surface area (TPSA) is 112 Å². The van der Waals surface area contributed by atoms with Crippen molar-refractivity contribution in [2.24, 2.45) is 0 Å². The molecule has 1 aliphatic heterocycles. The zero-order valence-corrected chi connectivity index (χ0v) is 17.2. The van der Waals surface area contributed by atoms with Crippen molar-refractivity contribution in [1.82, 2.24) is 19.8 Å². The first-order valence-electron chi connectivity index (χ1n) is 9.81. The van der Waals surface area contributed by atoms with Crippen molar-refractivity contribution in [3.05, 3.63) is 53.6 Å². The van der Waals surface area contributed by atoms with Crippen molar-refractivity contribution in [3.63, 3.8) is 0 Å². The Bertz CT molecular complexity index is 947. The van der Waals surface area contributed by atoms with E-state index in [9.17, 15) is 13.2 Å². The van der Waals surface area contributed by atoms with Gasteiger partial charge < -0.3 is 0 Å². The average molecular weight is 419 g/mol. The molecule has 29 heavy (non-hydrogen) atoms. The summed E-state index contributed by atoms with van der Waals surface area (Å²) >= 11 is 0. The molecule has 0 bridgehead atoms. The van der Waals surface area contributed by atoms with Gasteiger partial charge in [-0.05, 0) is 30.5 Å². The van der Waals surface area contributed by atoms with E-state index in [4.69, 9.17) is 5.21 Å². The van der Waals surface area contributed by atoms with Crippen LogP contribution in [0.5, 0.6) is 0 Å². The van der Waals surface area contributed by atoms with Crippen LogP contribution in [-0.4, -0.2) is 39.8 Å². The van der Waals surface area contributed by atoms with Crippen LogP contribution in [0.3, 0.4) is 0 Å². The standard InChI is InChI=1S/C20H26N4O4S/c1-2-3-4-5-6-15-7-9-16(10-8-15)29(27,28)24-14-18-17(21-11-12-22-18)13-19(24)20(25)23-26/h7-12,19,26H,2-6,13-14H2,1H3,(H,23,25). The Morgan fingerprint density at radius 3 is 2.48 bits per heavy atom. The molecule has 0 saturated heterocycles. The molecule has 156 valence electrons. The van der Waals surface area contributed by atoms with Gasteiger partial charge in [-0.15, -0.1) is 0 Å². The number of sulfonamides is 1. The van der Waals surface area contributed by atoms with E-state index >= 15 is 0 Å². The predicted octanol–water partition coefficient (Wildman–Crippen LogP) is 2.22. The lowest BCUT2D eigenvalue weighted by Crippen LogP contribution is -2.52. The monoisotopic (exact) mass is 418 g/mol. The fourth-order valence-corrected chi connectivity index (χ4v) is 5.06. The van der Waals surface area contributed by atoms with Gasteiger partial charge in [0.25, 0.3) is 5.91 Å². The summed E-state index contributed by atoms with van der Waals surface area (Å²) in [6, 6.07) is 5.69. The van der Waals surface area contributed by atoms with Gasteiger partial charge in [0.15, 0.2) is 0 Å². The smallest absolute Gasteiger partial charge is 0.262 e. The molecular formula is C20H26N4O4S. The maximum Gasteiger partial charge on any atom is 0.262 e. The van der Waals surface area contributed by atoms with Gasteiger partial charge in [0.05, 0.1) is 22.8 Å². The second kappa shape index (κ2) is 9.43. The molecule has 1 atom stereocenters. The SMILES string of the molecule is CCCCCCc1ccc(S(=O)(=O)N2Cc3nccnc3CC2C(=O)NO)cc1. The van der Waals surface area contributed by atoms with Gasteiger partial charge in [0.2, 0.25) is 10.0 Å². The van der Waals surface area contributed by atoms with Gasteiger partial charge in [-0.2, -0.15) is 4.31 Å². The lowest BCUT2D eigenvalue weighted by atomic mass is 10.0. The van der Waals surface area contributed by atoms with Crippen LogP contribution in [0.15, 0.2) is 41.6 Å². The Balaban J connectivity index is 1.83. The van der Waals surface area contributed by atoms with E-state index in [1.54, 1.807) is 17.6 Å². The Kier molecular flexibility index (Phi) is 6.94. The Morgan fingerprint density at radius 1 is 1.14 bits per heavy atom. The lowest BCUT2D eigenvalue weighted by Gasteiger charge is -2.33. The van der Waals surface area contributed by atoms with Gasteiger partial charge in [0.1, 0.15) is 6.04 Å². The summed E-state index contributed by atoms with van der Waals surface area (Å²) in [5.41, 5.74) is 3.71. The van der Waals surface area contributed by atoms with Crippen LogP contribution in [0.1, 0.15) is 49.6 Å². The molecule has 3 rings (SSSR count). The zero-order chi connectivity index (χ0) is 20.9. The molecule has 0 aliphatic carbocycles. The summed E-state index contributed by atoms with van der Waals surface area (Å²) in [4.78, 5) is 20.7. The Morgan fingerprint density at radius 2 is 1.83 bits per heavy atom. The van der Waals surface area contributed by atoms with Crippen LogP contribution in [0.4, 0.5) is 0 Å².